The quantitative estimate of drug-likeness (QED) is 0.883. The monoisotopic (exact) mass is 286 g/mol. The van der Waals surface area contributed by atoms with E-state index >= 15 is 0 Å². The van der Waals surface area contributed by atoms with Gasteiger partial charge >= 0.3 is 0 Å². The average molecular weight is 286 g/mol. The first kappa shape index (κ1) is 14.1. The lowest BCUT2D eigenvalue weighted by molar-refractivity contribution is 0.350. The van der Waals surface area contributed by atoms with E-state index in [4.69, 9.17) is 10.3 Å². The highest BCUT2D eigenvalue weighted by molar-refractivity contribution is 5.50. The molecule has 0 radical (unpaired) electrons. The molecule has 1 aliphatic carbocycles. The maximum absolute atomic E-state index is 6.33. The largest absolute Gasteiger partial charge is 0.384 e. The smallest absolute Gasteiger partial charge is 0.228 e. The lowest BCUT2D eigenvalue weighted by Gasteiger charge is -2.17. The predicted octanol–water partition coefficient (Wildman–Crippen LogP) is 2.76. The number of aromatic nitrogens is 2. The van der Waals surface area contributed by atoms with Gasteiger partial charge in [0.25, 0.3) is 0 Å². The number of hydrogen-bond donors (Lipinski definition) is 2. The Balaban J connectivity index is 1.57. The molecular weight excluding hydrogens is 264 g/mol. The lowest BCUT2D eigenvalue weighted by Crippen LogP contribution is -2.34. The molecule has 3 rings (SSSR count). The Morgan fingerprint density at radius 3 is 2.81 bits per heavy atom. The summed E-state index contributed by atoms with van der Waals surface area (Å²) in [6.07, 6.45) is 4.91. The minimum absolute atomic E-state index is 0.370. The van der Waals surface area contributed by atoms with Gasteiger partial charge in [0.15, 0.2) is 5.82 Å². The molecule has 1 fully saturated rings. The zero-order valence-electron chi connectivity index (χ0n) is 12.4. The highest BCUT2D eigenvalue weighted by Crippen LogP contribution is 2.34. The summed E-state index contributed by atoms with van der Waals surface area (Å²) in [6, 6.07) is 8.22. The molecule has 3 N–H and O–H groups in total. The standard InChI is InChI=1S/C16H22N4O/c1-12-6-2-3-7-13(12)18-11-8-14-19-15(20-21-14)16(17)9-4-5-10-16/h2-3,6-7,18H,4-5,8-11,17H2,1H3. The van der Waals surface area contributed by atoms with Gasteiger partial charge < -0.3 is 15.6 Å². The fourth-order valence-corrected chi connectivity index (χ4v) is 2.86. The van der Waals surface area contributed by atoms with Crippen LogP contribution in [0.25, 0.3) is 0 Å². The minimum atomic E-state index is -0.370. The van der Waals surface area contributed by atoms with Gasteiger partial charge in [-0.15, -0.1) is 0 Å². The minimum Gasteiger partial charge on any atom is -0.384 e. The molecule has 1 aromatic carbocycles. The number of anilines is 1. The Labute approximate surface area is 124 Å². The third-order valence-electron chi connectivity index (χ3n) is 4.21. The third kappa shape index (κ3) is 3.08. The van der Waals surface area contributed by atoms with Crippen molar-refractivity contribution in [2.75, 3.05) is 11.9 Å². The van der Waals surface area contributed by atoms with E-state index in [0.29, 0.717) is 18.1 Å². The third-order valence-corrected chi connectivity index (χ3v) is 4.21. The number of nitrogens with zero attached hydrogens (tertiary/aromatic N) is 2. The van der Waals surface area contributed by atoms with Crippen LogP contribution in [0, 0.1) is 6.92 Å². The van der Waals surface area contributed by atoms with E-state index in [1.54, 1.807) is 0 Å². The summed E-state index contributed by atoms with van der Waals surface area (Å²) in [5.41, 5.74) is 8.34. The van der Waals surface area contributed by atoms with Crippen molar-refractivity contribution in [3.05, 3.63) is 41.5 Å². The van der Waals surface area contributed by atoms with Crippen LogP contribution in [-0.4, -0.2) is 16.7 Å². The first-order valence-electron chi connectivity index (χ1n) is 7.59. The summed E-state index contributed by atoms with van der Waals surface area (Å²) in [6.45, 7) is 2.86. The van der Waals surface area contributed by atoms with Gasteiger partial charge in [-0.25, -0.2) is 0 Å². The molecule has 0 unspecified atom stereocenters. The van der Waals surface area contributed by atoms with E-state index in [2.05, 4.69) is 34.5 Å². The summed E-state index contributed by atoms with van der Waals surface area (Å²) in [5, 5.41) is 7.46. The summed E-state index contributed by atoms with van der Waals surface area (Å²) >= 11 is 0. The topological polar surface area (TPSA) is 77.0 Å². The van der Waals surface area contributed by atoms with Gasteiger partial charge in [0.2, 0.25) is 5.89 Å². The first-order chi connectivity index (χ1) is 10.2. The first-order valence-corrected chi connectivity index (χ1v) is 7.59. The molecule has 1 aliphatic rings. The fraction of sp³-hybridized carbons (Fsp3) is 0.500. The number of para-hydroxylation sites is 1. The highest BCUT2D eigenvalue weighted by atomic mass is 16.5. The van der Waals surface area contributed by atoms with Gasteiger partial charge in [0.05, 0.1) is 5.54 Å². The van der Waals surface area contributed by atoms with Gasteiger partial charge in [0, 0.05) is 18.7 Å². The number of benzene rings is 1. The van der Waals surface area contributed by atoms with Crippen molar-refractivity contribution in [1.29, 1.82) is 0 Å². The van der Waals surface area contributed by atoms with Crippen LogP contribution in [0.1, 0.15) is 43.0 Å². The van der Waals surface area contributed by atoms with Crippen LogP contribution < -0.4 is 11.1 Å². The molecule has 5 nitrogen and oxygen atoms in total. The molecule has 0 amide bonds. The molecule has 0 saturated heterocycles. The molecule has 0 bridgehead atoms. The molecule has 112 valence electrons. The van der Waals surface area contributed by atoms with E-state index in [9.17, 15) is 0 Å². The van der Waals surface area contributed by atoms with Crippen LogP contribution in [-0.2, 0) is 12.0 Å². The van der Waals surface area contributed by atoms with Crippen LogP contribution in [0.2, 0.25) is 0 Å². The predicted molar refractivity (Wildman–Crippen MR) is 82.0 cm³/mol. The Morgan fingerprint density at radius 2 is 2.05 bits per heavy atom. The van der Waals surface area contributed by atoms with E-state index in [1.165, 1.54) is 5.56 Å². The van der Waals surface area contributed by atoms with Gasteiger partial charge in [-0.3, -0.25) is 0 Å². The summed E-state index contributed by atoms with van der Waals surface area (Å²) < 4.78 is 5.33. The Bertz CT molecular complexity index is 602. The van der Waals surface area contributed by atoms with Crippen LogP contribution in [0.4, 0.5) is 5.69 Å². The Hall–Kier alpha value is -1.88. The van der Waals surface area contributed by atoms with Crippen molar-refractivity contribution < 1.29 is 4.52 Å². The second-order valence-electron chi connectivity index (χ2n) is 5.87. The van der Waals surface area contributed by atoms with Crippen LogP contribution in [0.15, 0.2) is 28.8 Å². The molecule has 2 aromatic rings. The highest BCUT2D eigenvalue weighted by Gasteiger charge is 2.35. The van der Waals surface area contributed by atoms with E-state index < -0.39 is 0 Å². The molecule has 21 heavy (non-hydrogen) atoms. The summed E-state index contributed by atoms with van der Waals surface area (Å²) in [4.78, 5) is 4.47. The lowest BCUT2D eigenvalue weighted by atomic mass is 9.99. The van der Waals surface area contributed by atoms with Crippen molar-refractivity contribution in [2.24, 2.45) is 5.73 Å². The second kappa shape index (κ2) is 5.85. The number of rotatable bonds is 5. The molecule has 1 aromatic heterocycles. The zero-order chi connectivity index (χ0) is 14.7. The maximum atomic E-state index is 6.33. The number of nitrogens with two attached hydrogens (primary N) is 1. The van der Waals surface area contributed by atoms with Gasteiger partial charge in [-0.05, 0) is 31.4 Å². The summed E-state index contributed by atoms with van der Waals surface area (Å²) in [7, 11) is 0. The number of aryl methyl sites for hydroxylation is 1. The maximum Gasteiger partial charge on any atom is 0.228 e. The fourth-order valence-electron chi connectivity index (χ4n) is 2.86. The van der Waals surface area contributed by atoms with Crippen molar-refractivity contribution in [3.8, 4) is 0 Å². The molecule has 1 heterocycles. The normalized spacial score (nSPS) is 17.0. The van der Waals surface area contributed by atoms with Crippen molar-refractivity contribution in [2.45, 2.75) is 44.6 Å². The second-order valence-corrected chi connectivity index (χ2v) is 5.87. The Kier molecular flexibility index (Phi) is 3.92. The SMILES string of the molecule is Cc1ccccc1NCCc1nc(C2(N)CCCC2)no1. The van der Waals surface area contributed by atoms with E-state index in [-0.39, 0.29) is 5.54 Å². The molecule has 0 spiro atoms. The van der Waals surface area contributed by atoms with Gasteiger partial charge in [-0.2, -0.15) is 4.98 Å². The summed E-state index contributed by atoms with van der Waals surface area (Å²) in [5.74, 6) is 1.33. The number of nitrogens with one attached hydrogen (secondary N) is 1. The van der Waals surface area contributed by atoms with Crippen LogP contribution in [0.5, 0.6) is 0 Å². The Morgan fingerprint density at radius 1 is 1.29 bits per heavy atom. The van der Waals surface area contributed by atoms with Crippen LogP contribution in [0.3, 0.4) is 0 Å². The van der Waals surface area contributed by atoms with Crippen LogP contribution >= 0.6 is 0 Å². The molecule has 0 aliphatic heterocycles. The molecule has 5 heteroatoms. The molecule has 0 atom stereocenters. The molecule has 1 saturated carbocycles. The van der Waals surface area contributed by atoms with Crippen molar-refractivity contribution in [3.63, 3.8) is 0 Å². The van der Waals surface area contributed by atoms with E-state index in [1.807, 2.05) is 12.1 Å². The zero-order valence-corrected chi connectivity index (χ0v) is 12.4. The number of hydrogen-bond acceptors (Lipinski definition) is 5. The molecular formula is C16H22N4O. The van der Waals surface area contributed by atoms with Crippen molar-refractivity contribution >= 4 is 5.69 Å². The van der Waals surface area contributed by atoms with Crippen molar-refractivity contribution in [1.82, 2.24) is 10.1 Å². The van der Waals surface area contributed by atoms with Gasteiger partial charge in [-0.1, -0.05) is 36.2 Å². The van der Waals surface area contributed by atoms with E-state index in [0.717, 1.165) is 37.9 Å². The average Bonchev–Trinajstić information content (AvgIpc) is 3.11. The van der Waals surface area contributed by atoms with Gasteiger partial charge in [0.1, 0.15) is 0 Å².